The van der Waals surface area contributed by atoms with Gasteiger partial charge in [-0.1, -0.05) is 0 Å². The van der Waals surface area contributed by atoms with Crippen LogP contribution in [-0.2, 0) is 12.8 Å². The molecule has 0 fully saturated rings. The number of nitrogens with zero attached hydrogens (tertiary/aromatic N) is 2. The summed E-state index contributed by atoms with van der Waals surface area (Å²) in [6, 6.07) is 10.8. The lowest BCUT2D eigenvalue weighted by Gasteiger charge is -1.97. The van der Waals surface area contributed by atoms with Gasteiger partial charge in [-0.05, 0) is 98.7 Å². The van der Waals surface area contributed by atoms with Gasteiger partial charge in [0.1, 0.15) is 0 Å². The quantitative estimate of drug-likeness (QED) is 0.412. The lowest BCUT2D eigenvalue weighted by molar-refractivity contribution is 1.00. The summed E-state index contributed by atoms with van der Waals surface area (Å²) < 4.78 is 0. The Bertz CT molecular complexity index is 1300. The molecule has 28 heavy (non-hydrogen) atoms. The topological polar surface area (TPSA) is 56.8 Å². The lowest BCUT2D eigenvalue weighted by Crippen LogP contribution is -1.85. The van der Waals surface area contributed by atoms with Crippen molar-refractivity contribution in [2.75, 3.05) is 0 Å². The SMILES string of the molecule is Cc1c2cc(c(C)c3ccc([nH]3)c(C)c3ccc([nH]3)c(C)c3nc1CC3)C=N2. The molecule has 8 bridgehead atoms. The largest absolute Gasteiger partial charge is 0.355 e. The van der Waals surface area contributed by atoms with Gasteiger partial charge in [0.05, 0.1) is 5.69 Å². The molecule has 0 aliphatic carbocycles. The van der Waals surface area contributed by atoms with Crippen LogP contribution < -0.4 is 0 Å². The first-order valence-corrected chi connectivity index (χ1v) is 9.82. The molecule has 0 unspecified atom stereocenters. The average molecular weight is 368 g/mol. The molecule has 0 saturated heterocycles. The molecular weight excluding hydrogens is 344 g/mol. The summed E-state index contributed by atoms with van der Waals surface area (Å²) in [5.41, 5.74) is 13.8. The monoisotopic (exact) mass is 368 g/mol. The standard InChI is InChI=1S/C24H24N4/c1-13-17-11-24(25-12-17)16(4)23-10-9-22(28-23)15(3)21-8-7-20(27-21)14(2)19-6-5-18(13)26-19/h5-8,11-12,26-27H,9-10H2,1-4H3. The molecule has 5 rings (SSSR count). The van der Waals surface area contributed by atoms with Crippen molar-refractivity contribution in [1.29, 1.82) is 0 Å². The van der Waals surface area contributed by atoms with Gasteiger partial charge in [0.25, 0.3) is 0 Å². The summed E-state index contributed by atoms with van der Waals surface area (Å²) in [6.07, 6.45) is 3.92. The van der Waals surface area contributed by atoms with Gasteiger partial charge >= 0.3 is 0 Å². The first-order chi connectivity index (χ1) is 13.5. The Balaban J connectivity index is 1.95. The number of aromatic nitrogens is 3. The van der Waals surface area contributed by atoms with E-state index >= 15 is 0 Å². The summed E-state index contributed by atoms with van der Waals surface area (Å²) in [5, 5.41) is 0. The van der Waals surface area contributed by atoms with Crippen LogP contribution in [0.5, 0.6) is 0 Å². The maximum atomic E-state index is 4.98. The Labute approximate surface area is 164 Å². The van der Waals surface area contributed by atoms with Crippen LogP contribution in [0.25, 0.3) is 22.1 Å². The maximum Gasteiger partial charge on any atom is 0.0683 e. The molecule has 5 heterocycles. The molecule has 4 heteroatoms. The van der Waals surface area contributed by atoms with Gasteiger partial charge in [0.2, 0.25) is 0 Å². The zero-order chi connectivity index (χ0) is 19.4. The fourth-order valence-corrected chi connectivity index (χ4v) is 4.09. The van der Waals surface area contributed by atoms with Crippen LogP contribution in [0.2, 0.25) is 0 Å². The summed E-state index contributed by atoms with van der Waals surface area (Å²) >= 11 is 0. The molecule has 0 aromatic carbocycles. The van der Waals surface area contributed by atoms with Gasteiger partial charge in [-0.2, -0.15) is 0 Å². The zero-order valence-electron chi connectivity index (χ0n) is 16.8. The van der Waals surface area contributed by atoms with Crippen molar-refractivity contribution in [1.82, 2.24) is 15.0 Å². The third-order valence-corrected chi connectivity index (χ3v) is 6.17. The summed E-state index contributed by atoms with van der Waals surface area (Å²) in [6.45, 7) is 8.60. The van der Waals surface area contributed by atoms with Crippen molar-refractivity contribution in [2.45, 2.75) is 40.5 Å². The van der Waals surface area contributed by atoms with Crippen molar-refractivity contribution in [2.24, 2.45) is 4.99 Å². The zero-order valence-corrected chi connectivity index (χ0v) is 16.8. The molecule has 2 aliphatic heterocycles. The smallest absolute Gasteiger partial charge is 0.0683 e. The molecule has 4 nitrogen and oxygen atoms in total. The Hall–Kier alpha value is -3.14. The van der Waals surface area contributed by atoms with Crippen molar-refractivity contribution >= 4 is 34.0 Å². The predicted molar refractivity (Wildman–Crippen MR) is 117 cm³/mol. The minimum Gasteiger partial charge on any atom is -0.355 e. The molecule has 140 valence electrons. The van der Waals surface area contributed by atoms with Crippen LogP contribution in [0.4, 0.5) is 5.69 Å². The normalized spacial score (nSPS) is 13.3. The number of hydrogen-bond acceptors (Lipinski definition) is 2. The predicted octanol–water partition coefficient (Wildman–Crippen LogP) is 5.69. The van der Waals surface area contributed by atoms with E-state index in [1.165, 1.54) is 27.9 Å². The molecule has 0 saturated carbocycles. The minimum atomic E-state index is 0.974. The molecule has 2 N–H and O–H groups in total. The van der Waals surface area contributed by atoms with Gasteiger partial charge in [-0.25, -0.2) is 0 Å². The molecule has 0 amide bonds. The Kier molecular flexibility index (Phi) is 3.76. The number of fused-ring (bicyclic) bond motifs is 8. The number of nitrogens with one attached hydrogen (secondary N) is 2. The second-order valence-electron chi connectivity index (χ2n) is 7.82. The maximum absolute atomic E-state index is 4.98. The lowest BCUT2D eigenvalue weighted by atomic mass is 10.1. The highest BCUT2D eigenvalue weighted by molar-refractivity contribution is 5.91. The van der Waals surface area contributed by atoms with Crippen molar-refractivity contribution in [3.05, 3.63) is 69.5 Å². The van der Waals surface area contributed by atoms with Gasteiger partial charge in [0, 0.05) is 39.7 Å². The van der Waals surface area contributed by atoms with E-state index in [9.17, 15) is 0 Å². The van der Waals surface area contributed by atoms with Gasteiger partial charge < -0.3 is 9.97 Å². The average Bonchev–Trinajstić information content (AvgIpc) is 3.49. The number of aryl methyl sites for hydroxylation is 5. The third kappa shape index (κ3) is 2.60. The Morgan fingerprint density at radius 1 is 0.679 bits per heavy atom. The van der Waals surface area contributed by atoms with Crippen LogP contribution in [0, 0.1) is 27.7 Å². The second kappa shape index (κ2) is 6.20. The fourth-order valence-electron chi connectivity index (χ4n) is 4.09. The van der Waals surface area contributed by atoms with E-state index in [4.69, 9.17) is 4.98 Å². The molecule has 0 atom stereocenters. The number of aliphatic imine (C=N–C) groups is 1. The fraction of sp³-hybridized carbons (Fsp3) is 0.250. The first kappa shape index (κ1) is 17.0. The number of H-pyrrole nitrogens is 2. The Morgan fingerprint density at radius 2 is 1.21 bits per heavy atom. The molecular formula is C24H24N4. The van der Waals surface area contributed by atoms with Gasteiger partial charge in [0.15, 0.2) is 0 Å². The van der Waals surface area contributed by atoms with Crippen LogP contribution in [0.3, 0.4) is 0 Å². The van der Waals surface area contributed by atoms with E-state index in [1.54, 1.807) is 0 Å². The number of hydrogen-bond donors (Lipinski definition) is 2. The highest BCUT2D eigenvalue weighted by Gasteiger charge is 2.14. The van der Waals surface area contributed by atoms with Crippen LogP contribution >= 0.6 is 0 Å². The Morgan fingerprint density at radius 3 is 1.86 bits per heavy atom. The van der Waals surface area contributed by atoms with E-state index in [-0.39, 0.29) is 0 Å². The minimum absolute atomic E-state index is 0.974. The second-order valence-corrected chi connectivity index (χ2v) is 7.82. The molecule has 0 radical (unpaired) electrons. The molecule has 3 aromatic rings. The van der Waals surface area contributed by atoms with Crippen LogP contribution in [0.15, 0.2) is 35.3 Å². The van der Waals surface area contributed by atoms with Crippen molar-refractivity contribution in [3.63, 3.8) is 0 Å². The highest BCUT2D eigenvalue weighted by atomic mass is 14.8. The van der Waals surface area contributed by atoms with E-state index in [2.05, 4.69) is 73.0 Å². The van der Waals surface area contributed by atoms with Crippen molar-refractivity contribution < 1.29 is 0 Å². The van der Waals surface area contributed by atoms with E-state index in [0.29, 0.717) is 0 Å². The van der Waals surface area contributed by atoms with Crippen molar-refractivity contribution in [3.8, 4) is 0 Å². The molecule has 0 spiro atoms. The summed E-state index contributed by atoms with van der Waals surface area (Å²) in [4.78, 5) is 16.8. The van der Waals surface area contributed by atoms with Crippen LogP contribution in [0.1, 0.15) is 39.2 Å². The number of aromatic amines is 2. The summed E-state index contributed by atoms with van der Waals surface area (Å²) in [5.74, 6) is 0. The van der Waals surface area contributed by atoms with E-state index in [0.717, 1.165) is 51.9 Å². The van der Waals surface area contributed by atoms with E-state index in [1.807, 2.05) is 6.21 Å². The highest BCUT2D eigenvalue weighted by Crippen LogP contribution is 2.28. The van der Waals surface area contributed by atoms with E-state index < -0.39 is 0 Å². The molecule has 2 aliphatic rings. The van der Waals surface area contributed by atoms with Gasteiger partial charge in [-0.15, -0.1) is 0 Å². The van der Waals surface area contributed by atoms with Gasteiger partial charge in [-0.3, -0.25) is 9.98 Å². The third-order valence-electron chi connectivity index (χ3n) is 6.17. The molecule has 3 aromatic heterocycles. The van der Waals surface area contributed by atoms with Crippen LogP contribution in [-0.4, -0.2) is 21.2 Å². The number of rotatable bonds is 0. The summed E-state index contributed by atoms with van der Waals surface area (Å²) in [7, 11) is 0. The first-order valence-electron chi connectivity index (χ1n) is 9.82.